The predicted molar refractivity (Wildman–Crippen MR) is 146 cm³/mol. The number of carbonyl (C=O) groups excluding carboxylic acids is 3. The summed E-state index contributed by atoms with van der Waals surface area (Å²) in [5.41, 5.74) is -0.852. The molecule has 236 valence electrons. The van der Waals surface area contributed by atoms with Crippen LogP contribution in [0.1, 0.15) is 12.5 Å². The van der Waals surface area contributed by atoms with E-state index in [1.807, 2.05) is 0 Å². The quantitative estimate of drug-likeness (QED) is 0.109. The smallest absolute Gasteiger partial charge is 0.338 e. The Morgan fingerprint density at radius 1 is 1.09 bits per heavy atom. The normalized spacial score (nSPS) is 35.0. The molecule has 1 spiro atoms. The summed E-state index contributed by atoms with van der Waals surface area (Å²) in [5.74, 6) is -3.97. The molecule has 1 aromatic carbocycles. The molecule has 10 atom stereocenters. The standard InChI is InChI=1S/C30H32O14/c1-14(41-21(33)8-5-15-3-6-16(32)7-4-15)18-11-30(44-27(18)38)10-9-17-19(26(37)39-2)13-40-28(22(17)30)43-29-25(36)24(35)23(34)20(12-31)42-29/h3-11,13-14,17,20,22-25,28-29,31-32,34-36H,12H2,1-2H3/b8-5+/t14?,17-,20-,22-,23-,24+,25-,28+,29+,30-/m1/s1. The van der Waals surface area contributed by atoms with Crippen molar-refractivity contribution >= 4 is 24.0 Å². The summed E-state index contributed by atoms with van der Waals surface area (Å²) in [4.78, 5) is 38.2. The van der Waals surface area contributed by atoms with Crippen molar-refractivity contribution in [3.8, 4) is 5.75 Å². The number of aliphatic hydroxyl groups excluding tert-OH is 4. The Kier molecular flexibility index (Phi) is 8.92. The zero-order chi connectivity index (χ0) is 31.8. The average molecular weight is 617 g/mol. The van der Waals surface area contributed by atoms with E-state index in [1.165, 1.54) is 44.4 Å². The highest BCUT2D eigenvalue weighted by Crippen LogP contribution is 2.51. The lowest BCUT2D eigenvalue weighted by Gasteiger charge is -2.44. The van der Waals surface area contributed by atoms with Gasteiger partial charge in [-0.1, -0.05) is 18.2 Å². The molecule has 1 saturated heterocycles. The summed E-state index contributed by atoms with van der Waals surface area (Å²) in [6.07, 6.45) is -2.06. The number of carbonyl (C=O) groups is 3. The van der Waals surface area contributed by atoms with Gasteiger partial charge in [0.1, 0.15) is 36.3 Å². The lowest BCUT2D eigenvalue weighted by atomic mass is 9.78. The molecule has 0 amide bonds. The second-order valence-electron chi connectivity index (χ2n) is 10.7. The molecule has 0 radical (unpaired) electrons. The number of allylic oxidation sites excluding steroid dienone is 1. The van der Waals surface area contributed by atoms with Gasteiger partial charge >= 0.3 is 17.9 Å². The molecule has 4 aliphatic rings. The molecule has 1 aliphatic carbocycles. The summed E-state index contributed by atoms with van der Waals surface area (Å²) >= 11 is 0. The maximum absolute atomic E-state index is 13.1. The molecule has 0 saturated carbocycles. The first-order chi connectivity index (χ1) is 21.0. The molecule has 1 aromatic rings. The molecule has 3 heterocycles. The van der Waals surface area contributed by atoms with Crippen molar-refractivity contribution in [3.05, 3.63) is 71.5 Å². The third kappa shape index (κ3) is 5.87. The van der Waals surface area contributed by atoms with Crippen LogP contribution in [-0.2, 0) is 42.8 Å². The second kappa shape index (κ2) is 12.5. The number of methoxy groups -OCH3 is 1. The highest BCUT2D eigenvalue weighted by Gasteiger charge is 2.60. The monoisotopic (exact) mass is 616 g/mol. The van der Waals surface area contributed by atoms with Gasteiger partial charge in [-0.3, -0.25) is 0 Å². The van der Waals surface area contributed by atoms with Crippen LogP contribution in [0.4, 0.5) is 0 Å². The Bertz CT molecular complexity index is 1390. The van der Waals surface area contributed by atoms with Gasteiger partial charge in [-0.15, -0.1) is 0 Å². The zero-order valence-electron chi connectivity index (χ0n) is 23.6. The van der Waals surface area contributed by atoms with Crippen LogP contribution in [0.2, 0.25) is 0 Å². The van der Waals surface area contributed by atoms with Crippen LogP contribution in [0.5, 0.6) is 5.75 Å². The summed E-state index contributed by atoms with van der Waals surface area (Å²) in [5, 5.41) is 49.8. The molecular weight excluding hydrogens is 584 g/mol. The number of hydrogen-bond donors (Lipinski definition) is 5. The molecule has 14 nitrogen and oxygen atoms in total. The predicted octanol–water partition coefficient (Wildman–Crippen LogP) is -0.409. The van der Waals surface area contributed by atoms with Gasteiger partial charge in [0.25, 0.3) is 0 Å². The van der Waals surface area contributed by atoms with Crippen molar-refractivity contribution in [2.45, 2.75) is 55.6 Å². The fraction of sp³-hybridized carbons (Fsp3) is 0.433. The third-order valence-electron chi connectivity index (χ3n) is 7.91. The van der Waals surface area contributed by atoms with E-state index in [4.69, 9.17) is 28.4 Å². The van der Waals surface area contributed by atoms with E-state index >= 15 is 0 Å². The maximum atomic E-state index is 13.1. The minimum absolute atomic E-state index is 0.00226. The first-order valence-electron chi connectivity index (χ1n) is 13.7. The summed E-state index contributed by atoms with van der Waals surface area (Å²) < 4.78 is 33.2. The topological polar surface area (TPSA) is 208 Å². The van der Waals surface area contributed by atoms with E-state index in [0.29, 0.717) is 5.56 Å². The Morgan fingerprint density at radius 3 is 2.50 bits per heavy atom. The van der Waals surface area contributed by atoms with Crippen molar-refractivity contribution in [2.24, 2.45) is 11.8 Å². The van der Waals surface area contributed by atoms with Gasteiger partial charge < -0.3 is 54.0 Å². The molecule has 0 bridgehead atoms. The van der Waals surface area contributed by atoms with Crippen molar-refractivity contribution in [3.63, 3.8) is 0 Å². The molecule has 3 aliphatic heterocycles. The van der Waals surface area contributed by atoms with Crippen molar-refractivity contribution < 1.29 is 68.3 Å². The van der Waals surface area contributed by atoms with Gasteiger partial charge in [0.15, 0.2) is 11.9 Å². The first kappa shape index (κ1) is 31.4. The molecule has 0 aromatic heterocycles. The number of ether oxygens (including phenoxy) is 6. The number of aliphatic hydroxyl groups is 4. The van der Waals surface area contributed by atoms with Gasteiger partial charge in [-0.2, -0.15) is 0 Å². The molecule has 44 heavy (non-hydrogen) atoms. The van der Waals surface area contributed by atoms with E-state index in [1.54, 1.807) is 18.2 Å². The number of esters is 3. The second-order valence-corrected chi connectivity index (χ2v) is 10.7. The van der Waals surface area contributed by atoms with E-state index in [9.17, 15) is 39.9 Å². The van der Waals surface area contributed by atoms with Crippen LogP contribution in [0.3, 0.4) is 0 Å². The summed E-state index contributed by atoms with van der Waals surface area (Å²) in [6.45, 7) is 0.790. The fourth-order valence-corrected chi connectivity index (χ4v) is 5.59. The highest BCUT2D eigenvalue weighted by atomic mass is 16.8. The highest BCUT2D eigenvalue weighted by molar-refractivity contribution is 5.95. The van der Waals surface area contributed by atoms with Crippen LogP contribution in [-0.4, -0.2) is 106 Å². The van der Waals surface area contributed by atoms with Gasteiger partial charge in [0, 0.05) is 12.0 Å². The molecule has 5 rings (SSSR count). The minimum atomic E-state index is -1.75. The molecule has 5 N–H and O–H groups in total. The first-order valence-corrected chi connectivity index (χ1v) is 13.7. The fourth-order valence-electron chi connectivity index (χ4n) is 5.59. The van der Waals surface area contributed by atoms with E-state index in [2.05, 4.69) is 0 Å². The SMILES string of the molecule is COC(=O)C1=CO[C@@H](O[C@@H]2O[C@H](CO)[C@@H](O)[C@H](O)[C@H]2O)[C@H]2[C@@H]1C=C[C@@]21C=C(C(C)OC(=O)/C=C/c2ccc(O)cc2)C(=O)O1. The summed E-state index contributed by atoms with van der Waals surface area (Å²) in [6, 6.07) is 6.11. The number of rotatable bonds is 8. The third-order valence-corrected chi connectivity index (χ3v) is 7.91. The number of benzene rings is 1. The molecule has 14 heteroatoms. The maximum Gasteiger partial charge on any atom is 0.338 e. The lowest BCUT2D eigenvalue weighted by Crippen LogP contribution is -2.60. The summed E-state index contributed by atoms with van der Waals surface area (Å²) in [7, 11) is 1.18. The largest absolute Gasteiger partial charge is 0.508 e. The average Bonchev–Trinajstić information content (AvgIpc) is 3.56. The van der Waals surface area contributed by atoms with Crippen LogP contribution >= 0.6 is 0 Å². The van der Waals surface area contributed by atoms with Crippen molar-refractivity contribution in [1.29, 1.82) is 0 Å². The van der Waals surface area contributed by atoms with Gasteiger partial charge in [0.2, 0.25) is 6.29 Å². The molecular formula is C30H32O14. The number of aromatic hydroxyl groups is 1. The minimum Gasteiger partial charge on any atom is -0.508 e. The van der Waals surface area contributed by atoms with E-state index < -0.39 is 85.1 Å². The zero-order valence-corrected chi connectivity index (χ0v) is 23.6. The van der Waals surface area contributed by atoms with Crippen LogP contribution < -0.4 is 0 Å². The van der Waals surface area contributed by atoms with Crippen LogP contribution in [0.15, 0.2) is 66.0 Å². The number of hydrogen-bond acceptors (Lipinski definition) is 14. The van der Waals surface area contributed by atoms with E-state index in [0.717, 1.165) is 12.3 Å². The molecule has 1 fully saturated rings. The molecule has 1 unspecified atom stereocenters. The Morgan fingerprint density at radius 2 is 1.82 bits per heavy atom. The Balaban J connectivity index is 1.39. The van der Waals surface area contributed by atoms with Crippen LogP contribution in [0.25, 0.3) is 6.08 Å². The number of phenolic OH excluding ortho intramolecular Hbond substituents is 1. The van der Waals surface area contributed by atoms with Crippen molar-refractivity contribution in [1.82, 2.24) is 0 Å². The lowest BCUT2D eigenvalue weighted by molar-refractivity contribution is -0.344. The van der Waals surface area contributed by atoms with E-state index in [-0.39, 0.29) is 16.9 Å². The Labute approximate surface area is 251 Å². The van der Waals surface area contributed by atoms with Gasteiger partial charge in [-0.25, -0.2) is 14.4 Å². The van der Waals surface area contributed by atoms with Crippen LogP contribution in [0, 0.1) is 11.8 Å². The van der Waals surface area contributed by atoms with Gasteiger partial charge in [0.05, 0.1) is 37.0 Å². The van der Waals surface area contributed by atoms with Gasteiger partial charge in [-0.05, 0) is 42.8 Å². The van der Waals surface area contributed by atoms with Crippen molar-refractivity contribution in [2.75, 3.05) is 13.7 Å². The number of phenols is 1. The number of fused-ring (bicyclic) bond motifs is 2. The Hall–Kier alpha value is -4.05.